The van der Waals surface area contributed by atoms with Gasteiger partial charge in [0.1, 0.15) is 5.75 Å². The molecule has 5 nitrogen and oxygen atoms in total. The molecule has 0 aromatic heterocycles. The molecule has 0 spiro atoms. The van der Waals surface area contributed by atoms with Gasteiger partial charge >= 0.3 is 0 Å². The summed E-state index contributed by atoms with van der Waals surface area (Å²) < 4.78 is 5.75. The smallest absolute Gasteiger partial charge is 0.191 e. The monoisotopic (exact) mass is 332 g/mol. The standard InChI is InChI=1S/C19H32N4O/c1-5-20-19(22-14-17-8-7-11-23(17)4)21-13-16-10-9-15(3)12-18(16)24-6-2/h9-10,12,17H,5-8,11,13-14H2,1-4H3,(H2,20,21,22). The van der Waals surface area contributed by atoms with Crippen molar-refractivity contribution < 1.29 is 4.74 Å². The SMILES string of the molecule is CCNC(=NCc1ccc(C)cc1OCC)NCC1CCCN1C. The predicted molar refractivity (Wildman–Crippen MR) is 101 cm³/mol. The van der Waals surface area contributed by atoms with Crippen molar-refractivity contribution in [3.63, 3.8) is 0 Å². The number of likely N-dealkylation sites (N-methyl/N-ethyl adjacent to an activating group) is 1. The van der Waals surface area contributed by atoms with Crippen LogP contribution in [0.2, 0.25) is 0 Å². The molecule has 0 aliphatic carbocycles. The molecule has 1 aliphatic rings. The van der Waals surface area contributed by atoms with Crippen molar-refractivity contribution in [3.05, 3.63) is 29.3 Å². The fourth-order valence-corrected chi connectivity index (χ4v) is 3.04. The molecule has 134 valence electrons. The molecule has 0 saturated carbocycles. The molecule has 5 heteroatoms. The molecule has 0 amide bonds. The third kappa shape index (κ3) is 5.41. The van der Waals surface area contributed by atoms with Crippen molar-refractivity contribution in [3.8, 4) is 5.75 Å². The molecule has 1 aromatic rings. The summed E-state index contributed by atoms with van der Waals surface area (Å²) >= 11 is 0. The van der Waals surface area contributed by atoms with Gasteiger partial charge in [-0.2, -0.15) is 0 Å². The first-order valence-corrected chi connectivity index (χ1v) is 9.08. The number of hydrogen-bond acceptors (Lipinski definition) is 3. The number of guanidine groups is 1. The van der Waals surface area contributed by atoms with Crippen molar-refractivity contribution in [1.82, 2.24) is 15.5 Å². The average Bonchev–Trinajstić information content (AvgIpc) is 2.97. The van der Waals surface area contributed by atoms with E-state index in [1.807, 2.05) is 6.92 Å². The van der Waals surface area contributed by atoms with Gasteiger partial charge in [0.2, 0.25) is 0 Å². The van der Waals surface area contributed by atoms with Crippen LogP contribution in [-0.2, 0) is 6.54 Å². The Kier molecular flexibility index (Phi) is 7.37. The molecule has 2 rings (SSSR count). The first kappa shape index (κ1) is 18.6. The van der Waals surface area contributed by atoms with Gasteiger partial charge in [0.15, 0.2) is 5.96 Å². The lowest BCUT2D eigenvalue weighted by molar-refractivity contribution is 0.309. The molecule has 1 aromatic carbocycles. The number of ether oxygens (including phenoxy) is 1. The van der Waals surface area contributed by atoms with Crippen LogP contribution in [0.1, 0.15) is 37.8 Å². The molecule has 1 heterocycles. The van der Waals surface area contributed by atoms with E-state index in [9.17, 15) is 0 Å². The second-order valence-electron chi connectivity index (χ2n) is 6.40. The molecule has 1 fully saturated rings. The molecule has 0 bridgehead atoms. The average molecular weight is 332 g/mol. The molecule has 1 saturated heterocycles. The van der Waals surface area contributed by atoms with Crippen molar-refractivity contribution in [1.29, 1.82) is 0 Å². The highest BCUT2D eigenvalue weighted by molar-refractivity contribution is 5.79. The maximum absolute atomic E-state index is 5.75. The Bertz CT molecular complexity index is 544. The molecule has 24 heavy (non-hydrogen) atoms. The maximum Gasteiger partial charge on any atom is 0.191 e. The van der Waals surface area contributed by atoms with Gasteiger partial charge in [0.25, 0.3) is 0 Å². The Morgan fingerprint density at radius 2 is 2.17 bits per heavy atom. The lowest BCUT2D eigenvalue weighted by atomic mass is 10.1. The second-order valence-corrected chi connectivity index (χ2v) is 6.40. The van der Waals surface area contributed by atoms with Gasteiger partial charge in [0.05, 0.1) is 13.2 Å². The number of nitrogens with one attached hydrogen (secondary N) is 2. The Morgan fingerprint density at radius 1 is 1.33 bits per heavy atom. The molecular formula is C19H32N4O. The van der Waals surface area contributed by atoms with Crippen molar-refractivity contribution in [2.75, 3.05) is 33.3 Å². The number of nitrogens with zero attached hydrogens (tertiary/aromatic N) is 2. The number of benzene rings is 1. The summed E-state index contributed by atoms with van der Waals surface area (Å²) in [6.45, 7) is 10.5. The van der Waals surface area contributed by atoms with Crippen LogP contribution < -0.4 is 15.4 Å². The Balaban J connectivity index is 1.99. The van der Waals surface area contributed by atoms with Gasteiger partial charge in [-0.3, -0.25) is 0 Å². The number of aliphatic imine (C=N–C) groups is 1. The minimum absolute atomic E-state index is 0.604. The Morgan fingerprint density at radius 3 is 2.83 bits per heavy atom. The zero-order valence-corrected chi connectivity index (χ0v) is 15.6. The predicted octanol–water partition coefficient (Wildman–Crippen LogP) is 2.54. The Labute approximate surface area is 146 Å². The minimum Gasteiger partial charge on any atom is -0.494 e. The van der Waals surface area contributed by atoms with Crippen molar-refractivity contribution in [2.45, 2.75) is 46.2 Å². The lowest BCUT2D eigenvalue weighted by Crippen LogP contribution is -2.44. The number of hydrogen-bond donors (Lipinski definition) is 2. The van der Waals surface area contributed by atoms with E-state index in [2.05, 4.69) is 54.6 Å². The summed E-state index contributed by atoms with van der Waals surface area (Å²) in [4.78, 5) is 7.16. The zero-order valence-electron chi connectivity index (χ0n) is 15.6. The van der Waals surface area contributed by atoms with Crippen molar-refractivity contribution in [2.24, 2.45) is 4.99 Å². The normalized spacial score (nSPS) is 18.7. The summed E-state index contributed by atoms with van der Waals surface area (Å²) in [7, 11) is 2.20. The van der Waals surface area contributed by atoms with Crippen LogP contribution in [0, 0.1) is 6.92 Å². The van der Waals surface area contributed by atoms with E-state index in [-0.39, 0.29) is 0 Å². The molecule has 2 N–H and O–H groups in total. The van der Waals surface area contributed by atoms with Gasteiger partial charge in [-0.1, -0.05) is 12.1 Å². The summed E-state index contributed by atoms with van der Waals surface area (Å²) in [6.07, 6.45) is 2.55. The van der Waals surface area contributed by atoms with Crippen LogP contribution in [0.15, 0.2) is 23.2 Å². The van der Waals surface area contributed by atoms with E-state index in [0.717, 1.165) is 30.4 Å². The maximum atomic E-state index is 5.75. The van der Waals surface area contributed by atoms with Crippen molar-refractivity contribution >= 4 is 5.96 Å². The highest BCUT2D eigenvalue weighted by Crippen LogP contribution is 2.21. The first-order valence-electron chi connectivity index (χ1n) is 9.08. The summed E-state index contributed by atoms with van der Waals surface area (Å²) in [5.74, 6) is 1.81. The largest absolute Gasteiger partial charge is 0.494 e. The van der Waals surface area contributed by atoms with Crippen LogP contribution in [0.25, 0.3) is 0 Å². The van der Waals surface area contributed by atoms with Crippen LogP contribution in [-0.4, -0.2) is 50.2 Å². The third-order valence-electron chi connectivity index (χ3n) is 4.45. The van der Waals surface area contributed by atoms with E-state index in [0.29, 0.717) is 19.2 Å². The van der Waals surface area contributed by atoms with Crippen LogP contribution in [0.3, 0.4) is 0 Å². The summed E-state index contributed by atoms with van der Waals surface area (Å²) in [5.41, 5.74) is 2.33. The molecule has 0 radical (unpaired) electrons. The quantitative estimate of drug-likeness (QED) is 0.595. The number of likely N-dealkylation sites (tertiary alicyclic amines) is 1. The van der Waals surface area contributed by atoms with E-state index < -0.39 is 0 Å². The molecule has 1 unspecified atom stereocenters. The van der Waals surface area contributed by atoms with E-state index >= 15 is 0 Å². The highest BCUT2D eigenvalue weighted by Gasteiger charge is 2.20. The highest BCUT2D eigenvalue weighted by atomic mass is 16.5. The van der Waals surface area contributed by atoms with Gasteiger partial charge in [0, 0.05) is 24.7 Å². The topological polar surface area (TPSA) is 48.9 Å². The third-order valence-corrected chi connectivity index (χ3v) is 4.45. The fourth-order valence-electron chi connectivity index (χ4n) is 3.04. The molecular weight excluding hydrogens is 300 g/mol. The van der Waals surface area contributed by atoms with Crippen LogP contribution in [0.5, 0.6) is 5.75 Å². The lowest BCUT2D eigenvalue weighted by Gasteiger charge is -2.21. The first-order chi connectivity index (χ1) is 11.6. The van der Waals surface area contributed by atoms with Crippen LogP contribution in [0.4, 0.5) is 0 Å². The molecule has 1 atom stereocenters. The van der Waals surface area contributed by atoms with Gasteiger partial charge in [-0.25, -0.2) is 4.99 Å². The second kappa shape index (κ2) is 9.52. The fraction of sp³-hybridized carbons (Fsp3) is 0.632. The van der Waals surface area contributed by atoms with E-state index in [1.165, 1.54) is 24.9 Å². The van der Waals surface area contributed by atoms with Gasteiger partial charge in [-0.05, 0) is 58.8 Å². The van der Waals surface area contributed by atoms with E-state index in [4.69, 9.17) is 9.73 Å². The van der Waals surface area contributed by atoms with Gasteiger partial charge < -0.3 is 20.3 Å². The number of aryl methyl sites for hydroxylation is 1. The summed E-state index contributed by atoms with van der Waals surface area (Å²) in [5, 5.41) is 6.82. The minimum atomic E-state index is 0.604. The van der Waals surface area contributed by atoms with E-state index in [1.54, 1.807) is 0 Å². The van der Waals surface area contributed by atoms with Gasteiger partial charge in [-0.15, -0.1) is 0 Å². The zero-order chi connectivity index (χ0) is 17.4. The summed E-state index contributed by atoms with van der Waals surface area (Å²) in [6, 6.07) is 6.91. The molecule has 1 aliphatic heterocycles. The number of rotatable bonds is 7. The van der Waals surface area contributed by atoms with Crippen LogP contribution >= 0.6 is 0 Å². The Hall–Kier alpha value is -1.75.